The van der Waals surface area contributed by atoms with Gasteiger partial charge in [-0.25, -0.2) is 0 Å². The zero-order valence-corrected chi connectivity index (χ0v) is 13.4. The number of aliphatic hydroxyl groups is 2. The van der Waals surface area contributed by atoms with E-state index in [2.05, 4.69) is 40.3 Å². The Labute approximate surface area is 124 Å². The van der Waals surface area contributed by atoms with Crippen LogP contribution in [0.3, 0.4) is 0 Å². The molecule has 19 heavy (non-hydrogen) atoms. The van der Waals surface area contributed by atoms with Crippen LogP contribution in [0.15, 0.2) is 28.7 Å². The van der Waals surface area contributed by atoms with Crippen molar-refractivity contribution in [2.75, 3.05) is 6.54 Å². The quantitative estimate of drug-likeness (QED) is 0.720. The van der Waals surface area contributed by atoms with E-state index in [1.165, 1.54) is 5.56 Å². The van der Waals surface area contributed by atoms with Gasteiger partial charge >= 0.3 is 0 Å². The summed E-state index contributed by atoms with van der Waals surface area (Å²) in [6.45, 7) is 6.27. The summed E-state index contributed by atoms with van der Waals surface area (Å²) < 4.78 is 1.07. The van der Waals surface area contributed by atoms with Crippen molar-refractivity contribution in [2.24, 2.45) is 0 Å². The minimum atomic E-state index is -0.809. The highest BCUT2D eigenvalue weighted by Gasteiger charge is 2.18. The first kappa shape index (κ1) is 16.6. The third-order valence-corrected chi connectivity index (χ3v) is 3.56. The summed E-state index contributed by atoms with van der Waals surface area (Å²) in [6, 6.07) is 8.46. The van der Waals surface area contributed by atoms with Gasteiger partial charge in [-0.3, -0.25) is 0 Å². The van der Waals surface area contributed by atoms with E-state index in [4.69, 9.17) is 0 Å². The lowest BCUT2D eigenvalue weighted by Gasteiger charge is -2.22. The van der Waals surface area contributed by atoms with Crippen molar-refractivity contribution in [3.8, 4) is 0 Å². The molecule has 2 atom stereocenters. The number of benzene rings is 1. The normalized spacial score (nSPS) is 15.3. The topological polar surface area (TPSA) is 52.5 Å². The third-order valence-electron chi connectivity index (χ3n) is 3.03. The van der Waals surface area contributed by atoms with Crippen molar-refractivity contribution in [1.29, 1.82) is 0 Å². The van der Waals surface area contributed by atoms with Gasteiger partial charge < -0.3 is 15.5 Å². The van der Waals surface area contributed by atoms with Gasteiger partial charge in [-0.05, 0) is 51.4 Å². The zero-order chi connectivity index (χ0) is 14.5. The number of aliphatic hydroxyl groups excluding tert-OH is 1. The second-order valence-corrected chi connectivity index (χ2v) is 6.60. The van der Waals surface area contributed by atoms with Crippen molar-refractivity contribution in [1.82, 2.24) is 5.32 Å². The first-order valence-electron chi connectivity index (χ1n) is 6.67. The maximum absolute atomic E-state index is 9.80. The molecule has 3 N–H and O–H groups in total. The van der Waals surface area contributed by atoms with Crippen LogP contribution in [0.5, 0.6) is 0 Å². The molecule has 0 aliphatic rings. The summed E-state index contributed by atoms with van der Waals surface area (Å²) in [5.74, 6) is 0. The van der Waals surface area contributed by atoms with Gasteiger partial charge in [-0.2, -0.15) is 0 Å². The number of hydrogen-bond acceptors (Lipinski definition) is 3. The molecular weight excluding hydrogens is 306 g/mol. The fourth-order valence-corrected chi connectivity index (χ4v) is 2.28. The van der Waals surface area contributed by atoms with E-state index in [-0.39, 0.29) is 6.04 Å². The zero-order valence-electron chi connectivity index (χ0n) is 11.9. The Balaban J connectivity index is 2.31. The molecule has 0 saturated carbocycles. The minimum absolute atomic E-state index is 0.252. The predicted molar refractivity (Wildman–Crippen MR) is 82.1 cm³/mol. The van der Waals surface area contributed by atoms with E-state index in [1.54, 1.807) is 13.8 Å². The molecule has 1 aromatic carbocycles. The van der Waals surface area contributed by atoms with Crippen LogP contribution < -0.4 is 5.32 Å². The van der Waals surface area contributed by atoms with Crippen molar-refractivity contribution in [3.05, 3.63) is 34.3 Å². The van der Waals surface area contributed by atoms with E-state index in [9.17, 15) is 10.2 Å². The Morgan fingerprint density at radius 2 is 1.84 bits per heavy atom. The summed E-state index contributed by atoms with van der Waals surface area (Å²) in [5, 5.41) is 22.8. The van der Waals surface area contributed by atoms with E-state index < -0.39 is 11.7 Å². The molecule has 0 saturated heterocycles. The fraction of sp³-hybridized carbons (Fsp3) is 0.600. The Bertz CT molecular complexity index is 373. The Morgan fingerprint density at radius 1 is 1.26 bits per heavy atom. The standard InChI is InChI=1S/C15H24BrNO2/c1-11(12-4-6-13(16)7-5-12)17-9-8-14(18)10-15(2,3)19/h4-7,11,14,17-19H,8-10H2,1-3H3. The van der Waals surface area contributed by atoms with Crippen LogP contribution in [0.25, 0.3) is 0 Å². The molecule has 0 fully saturated rings. The van der Waals surface area contributed by atoms with E-state index in [1.807, 2.05) is 12.1 Å². The molecule has 4 heteroatoms. The van der Waals surface area contributed by atoms with Gasteiger partial charge in [0.25, 0.3) is 0 Å². The number of halogens is 1. The average molecular weight is 330 g/mol. The van der Waals surface area contributed by atoms with Crippen molar-refractivity contribution < 1.29 is 10.2 Å². The van der Waals surface area contributed by atoms with Crippen LogP contribution in [0, 0.1) is 0 Å². The Hall–Kier alpha value is -0.420. The molecule has 1 aromatic rings. The molecule has 0 aliphatic heterocycles. The molecule has 0 radical (unpaired) electrons. The minimum Gasteiger partial charge on any atom is -0.393 e. The summed E-state index contributed by atoms with van der Waals surface area (Å²) in [4.78, 5) is 0. The van der Waals surface area contributed by atoms with Crippen molar-refractivity contribution in [2.45, 2.75) is 51.4 Å². The van der Waals surface area contributed by atoms with Crippen LogP contribution in [-0.4, -0.2) is 28.5 Å². The Morgan fingerprint density at radius 3 is 2.37 bits per heavy atom. The highest BCUT2D eigenvalue weighted by molar-refractivity contribution is 9.10. The molecule has 0 amide bonds. The molecule has 0 aromatic heterocycles. The van der Waals surface area contributed by atoms with Crippen LogP contribution >= 0.6 is 15.9 Å². The Kier molecular flexibility index (Phi) is 6.47. The van der Waals surface area contributed by atoms with Crippen LogP contribution in [-0.2, 0) is 0 Å². The molecule has 0 aliphatic carbocycles. The van der Waals surface area contributed by atoms with E-state index in [0.717, 1.165) is 11.0 Å². The SMILES string of the molecule is CC(NCCC(O)CC(C)(C)O)c1ccc(Br)cc1. The molecule has 2 unspecified atom stereocenters. The summed E-state index contributed by atoms with van der Waals surface area (Å²) in [5.41, 5.74) is 0.414. The van der Waals surface area contributed by atoms with Crippen LogP contribution in [0.4, 0.5) is 0 Å². The highest BCUT2D eigenvalue weighted by Crippen LogP contribution is 2.17. The molecular formula is C15H24BrNO2. The van der Waals surface area contributed by atoms with Gasteiger partial charge in [-0.15, -0.1) is 0 Å². The molecule has 0 heterocycles. The molecule has 3 nitrogen and oxygen atoms in total. The highest BCUT2D eigenvalue weighted by atomic mass is 79.9. The van der Waals surface area contributed by atoms with Crippen LogP contribution in [0.1, 0.15) is 45.2 Å². The maximum Gasteiger partial charge on any atom is 0.0616 e. The molecule has 1 rings (SSSR count). The average Bonchev–Trinajstić information content (AvgIpc) is 2.27. The monoisotopic (exact) mass is 329 g/mol. The summed E-state index contributed by atoms with van der Waals surface area (Å²) in [6.07, 6.45) is 0.580. The largest absolute Gasteiger partial charge is 0.393 e. The van der Waals surface area contributed by atoms with Gasteiger partial charge in [0.1, 0.15) is 0 Å². The smallest absolute Gasteiger partial charge is 0.0616 e. The summed E-state index contributed by atoms with van der Waals surface area (Å²) >= 11 is 3.42. The lowest BCUT2D eigenvalue weighted by Crippen LogP contribution is -2.29. The van der Waals surface area contributed by atoms with Crippen molar-refractivity contribution >= 4 is 15.9 Å². The molecule has 0 spiro atoms. The van der Waals surface area contributed by atoms with Gasteiger partial charge in [0.15, 0.2) is 0 Å². The second kappa shape index (κ2) is 7.39. The van der Waals surface area contributed by atoms with E-state index in [0.29, 0.717) is 12.8 Å². The van der Waals surface area contributed by atoms with Gasteiger partial charge in [0, 0.05) is 16.9 Å². The number of nitrogens with one attached hydrogen (secondary N) is 1. The lowest BCUT2D eigenvalue weighted by molar-refractivity contribution is 0.0159. The molecule has 108 valence electrons. The van der Waals surface area contributed by atoms with Crippen LogP contribution in [0.2, 0.25) is 0 Å². The second-order valence-electron chi connectivity index (χ2n) is 5.69. The van der Waals surface area contributed by atoms with E-state index >= 15 is 0 Å². The fourth-order valence-electron chi connectivity index (χ4n) is 2.01. The number of hydrogen-bond donors (Lipinski definition) is 3. The van der Waals surface area contributed by atoms with Crippen molar-refractivity contribution in [3.63, 3.8) is 0 Å². The number of rotatable bonds is 7. The first-order valence-corrected chi connectivity index (χ1v) is 7.46. The van der Waals surface area contributed by atoms with Gasteiger partial charge in [-0.1, -0.05) is 28.1 Å². The van der Waals surface area contributed by atoms with Gasteiger partial charge in [0.2, 0.25) is 0 Å². The maximum atomic E-state index is 9.80. The lowest BCUT2D eigenvalue weighted by atomic mass is 9.99. The first-order chi connectivity index (χ1) is 8.78. The molecule has 0 bridgehead atoms. The predicted octanol–water partition coefficient (Wildman–Crippen LogP) is 3.01. The van der Waals surface area contributed by atoms with Gasteiger partial charge in [0.05, 0.1) is 11.7 Å². The summed E-state index contributed by atoms with van der Waals surface area (Å²) in [7, 11) is 0. The third kappa shape index (κ3) is 7.06.